The van der Waals surface area contributed by atoms with Gasteiger partial charge in [-0.2, -0.15) is 0 Å². The molecule has 7 heteroatoms. The van der Waals surface area contributed by atoms with Crippen LogP contribution in [0.1, 0.15) is 19.8 Å². The van der Waals surface area contributed by atoms with Gasteiger partial charge in [0, 0.05) is 0 Å². The van der Waals surface area contributed by atoms with Crippen LogP contribution in [0.25, 0.3) is 0 Å². The Morgan fingerprint density at radius 2 is 1.82 bits per heavy atom. The van der Waals surface area contributed by atoms with Gasteiger partial charge in [0.25, 0.3) is 0 Å². The molecule has 0 atom stereocenters. The summed E-state index contributed by atoms with van der Waals surface area (Å²) in [6, 6.07) is 0. The Bertz CT molecular complexity index is 149. The van der Waals surface area contributed by atoms with Crippen LogP contribution in [-0.4, -0.2) is 48.0 Å². The molecule has 0 aromatic carbocycles. The van der Waals surface area contributed by atoms with Crippen molar-refractivity contribution in [1.82, 2.24) is 0 Å². The van der Waals surface area contributed by atoms with Crippen LogP contribution in [0.4, 0.5) is 0 Å². The Kier molecular flexibility index (Phi) is 10.9. The van der Waals surface area contributed by atoms with Gasteiger partial charge in [-0.3, -0.25) is 0 Å². The predicted octanol–water partition coefficient (Wildman–Crippen LogP) is -1.45. The monoisotopic (exact) mass is 136 g/mol. The topological polar surface area (TPSA) is 0 Å². The van der Waals surface area contributed by atoms with Crippen LogP contribution in [-0.2, 0) is 0 Å². The molecule has 0 saturated carbocycles. The maximum absolute atomic E-state index is 2.21. The van der Waals surface area contributed by atoms with Crippen LogP contribution >= 0.6 is 0 Å². The van der Waals surface area contributed by atoms with Crippen LogP contribution < -0.4 is 0 Å². The number of hydrogen-bond acceptors (Lipinski definition) is 0. The summed E-state index contributed by atoms with van der Waals surface area (Å²) in [5.74, 6) is 0. The second kappa shape index (κ2) is 10.5. The molecule has 0 spiro atoms. The molecule has 0 aromatic heterocycles. The van der Waals surface area contributed by atoms with E-state index in [2.05, 4.69) is 27.1 Å². The molecule has 48 valence electrons. The van der Waals surface area contributed by atoms with Crippen LogP contribution in [0.3, 0.4) is 0 Å². The summed E-state index contributed by atoms with van der Waals surface area (Å²) in [7, 11) is 2.02. The van der Waals surface area contributed by atoms with Crippen molar-refractivity contribution in [2.45, 2.75) is 26.1 Å². The Balaban J connectivity index is 3.28. The van der Waals surface area contributed by atoms with Crippen molar-refractivity contribution in [2.24, 2.45) is 0 Å². The molecule has 0 amide bonds. The van der Waals surface area contributed by atoms with E-state index in [1.807, 2.05) is 27.8 Å². The maximum atomic E-state index is 2.21. The molecule has 0 saturated heterocycles. The molecule has 0 rings (SSSR count). The summed E-state index contributed by atoms with van der Waals surface area (Å²) >= 11 is 0. The zero-order valence-electron chi connectivity index (χ0n) is 7.59. The molecule has 0 bridgehead atoms. The van der Waals surface area contributed by atoms with E-state index in [0.717, 1.165) is 0 Å². The fourth-order valence-corrected chi connectivity index (χ4v) is 0.736. The van der Waals surface area contributed by atoms with Crippen molar-refractivity contribution >= 4 is 48.0 Å². The van der Waals surface area contributed by atoms with Gasteiger partial charge >= 0.3 is 74.1 Å². The van der Waals surface area contributed by atoms with Crippen LogP contribution in [0.5, 0.6) is 0 Å². The van der Waals surface area contributed by atoms with Gasteiger partial charge in [0.15, 0.2) is 0 Å². The molecule has 0 N–H and O–H groups in total. The SMILES string of the molecule is BB=BB=BB=BCCCC. The van der Waals surface area contributed by atoms with Gasteiger partial charge in [-0.1, -0.05) is 0 Å². The van der Waals surface area contributed by atoms with Gasteiger partial charge in [0.1, 0.15) is 0 Å². The third-order valence-corrected chi connectivity index (χ3v) is 1.39. The fraction of sp³-hybridized carbons (Fsp3) is 1.00. The summed E-state index contributed by atoms with van der Waals surface area (Å²) in [6.07, 6.45) is 3.79. The molecule has 0 heterocycles. The molecule has 0 radical (unpaired) electrons. The molecule has 0 aliphatic carbocycles. The van der Waals surface area contributed by atoms with Gasteiger partial charge in [0.05, 0.1) is 0 Å². The number of rotatable bonds is 5. The standard InChI is InChI=1S/C4H11B7/c1-2-3-4-6-8-10-11-9-7-5/h2-5H2,1H3. The first-order chi connectivity index (χ1) is 5.41. The Hall–Kier alpha value is 0.455. The molecule has 0 aromatic rings. The average molecular weight is 135 g/mol. The Morgan fingerprint density at radius 1 is 1.09 bits per heavy atom. The van der Waals surface area contributed by atoms with Gasteiger partial charge in [0.2, 0.25) is 0 Å². The van der Waals surface area contributed by atoms with E-state index < -0.39 is 0 Å². The third-order valence-electron chi connectivity index (χ3n) is 1.39. The zero-order chi connectivity index (χ0) is 8.36. The van der Waals surface area contributed by atoms with Crippen molar-refractivity contribution in [3.63, 3.8) is 0 Å². The molecular weight excluding hydrogens is 124 g/mol. The van der Waals surface area contributed by atoms with Crippen molar-refractivity contribution in [3.8, 4) is 0 Å². The number of hydrogen-bond donors (Lipinski definition) is 0. The summed E-state index contributed by atoms with van der Waals surface area (Å²) in [4.78, 5) is 0. The van der Waals surface area contributed by atoms with Crippen molar-refractivity contribution in [3.05, 3.63) is 0 Å². The van der Waals surface area contributed by atoms with Crippen molar-refractivity contribution < 1.29 is 0 Å². The minimum atomic E-state index is 1.21. The van der Waals surface area contributed by atoms with E-state index in [1.54, 1.807) is 0 Å². The van der Waals surface area contributed by atoms with Crippen LogP contribution in [0.2, 0.25) is 6.32 Å². The Labute approximate surface area is 74.6 Å². The van der Waals surface area contributed by atoms with Gasteiger partial charge in [-0.05, 0) is 0 Å². The van der Waals surface area contributed by atoms with Crippen molar-refractivity contribution in [1.29, 1.82) is 0 Å². The number of unbranched alkanes of at least 4 members (excludes halogenated alkanes) is 1. The second-order valence-electron chi connectivity index (χ2n) is 2.48. The van der Waals surface area contributed by atoms with Crippen molar-refractivity contribution in [2.75, 3.05) is 0 Å². The van der Waals surface area contributed by atoms with E-state index in [-0.39, 0.29) is 0 Å². The van der Waals surface area contributed by atoms with E-state index in [0.29, 0.717) is 0 Å². The second-order valence-corrected chi connectivity index (χ2v) is 2.48. The molecule has 0 unspecified atom stereocenters. The third kappa shape index (κ3) is 10.5. The van der Waals surface area contributed by atoms with Crippen LogP contribution in [0.15, 0.2) is 0 Å². The summed E-state index contributed by atoms with van der Waals surface area (Å²) in [6.45, 7) is 14.7. The van der Waals surface area contributed by atoms with E-state index in [4.69, 9.17) is 0 Å². The van der Waals surface area contributed by atoms with Gasteiger partial charge in [-0.15, -0.1) is 0 Å². The molecule has 0 nitrogen and oxygen atoms in total. The summed E-state index contributed by atoms with van der Waals surface area (Å²) < 4.78 is 0. The molecule has 0 aliphatic heterocycles. The minimum absolute atomic E-state index is 1.21. The van der Waals surface area contributed by atoms with E-state index in [9.17, 15) is 0 Å². The summed E-state index contributed by atoms with van der Waals surface area (Å²) in [5, 5.41) is 0. The first kappa shape index (κ1) is 11.5. The van der Waals surface area contributed by atoms with Crippen LogP contribution in [0, 0.1) is 0 Å². The molecular formula is C4H11B7. The molecule has 0 fully saturated rings. The molecule has 0 aliphatic rings. The quantitative estimate of drug-likeness (QED) is 0.319. The fourth-order valence-electron chi connectivity index (χ4n) is 0.736. The average Bonchev–Trinajstić information content (AvgIpc) is 2.03. The van der Waals surface area contributed by atoms with E-state index >= 15 is 0 Å². The zero-order valence-corrected chi connectivity index (χ0v) is 7.59. The Morgan fingerprint density at radius 3 is 2.45 bits per heavy atom. The van der Waals surface area contributed by atoms with E-state index in [1.165, 1.54) is 19.2 Å². The summed E-state index contributed by atoms with van der Waals surface area (Å²) in [5.41, 5.74) is 0. The normalized spacial score (nSPS) is 8.09. The predicted molar refractivity (Wildman–Crippen MR) is 62.8 cm³/mol. The van der Waals surface area contributed by atoms with Gasteiger partial charge < -0.3 is 0 Å². The first-order valence-electron chi connectivity index (χ1n) is 4.36. The first-order valence-corrected chi connectivity index (χ1v) is 4.36. The van der Waals surface area contributed by atoms with Gasteiger partial charge in [-0.25, -0.2) is 0 Å². The molecule has 11 heavy (non-hydrogen) atoms.